The van der Waals surface area contributed by atoms with E-state index in [1.54, 1.807) is 24.3 Å². The molecule has 0 bridgehead atoms. The van der Waals surface area contributed by atoms with E-state index in [-0.39, 0.29) is 4.90 Å². The van der Waals surface area contributed by atoms with Crippen molar-refractivity contribution < 1.29 is 8.42 Å². The first-order valence-electron chi connectivity index (χ1n) is 9.47. The Bertz CT molecular complexity index is 1550. The first-order chi connectivity index (χ1) is 15.0. The molecule has 4 nitrogen and oxygen atoms in total. The molecular weight excluding hydrogens is 444 g/mol. The van der Waals surface area contributed by atoms with E-state index >= 15 is 0 Å². The average Bonchev–Trinajstić information content (AvgIpc) is 3.51. The maximum absolute atomic E-state index is 13.9. The maximum atomic E-state index is 13.9. The number of hydrogen-bond donors (Lipinski definition) is 0. The van der Waals surface area contributed by atoms with Crippen molar-refractivity contribution in [3.63, 3.8) is 0 Å². The molecule has 0 unspecified atom stereocenters. The summed E-state index contributed by atoms with van der Waals surface area (Å²) in [5.74, 6) is 0. The maximum Gasteiger partial charge on any atom is 0.268 e. The molecule has 0 saturated carbocycles. The average molecular weight is 461 g/mol. The Hall–Kier alpha value is -3.18. The van der Waals surface area contributed by atoms with Crippen molar-refractivity contribution in [1.82, 2.24) is 3.97 Å². The lowest BCUT2D eigenvalue weighted by molar-refractivity contribution is 0.589. The van der Waals surface area contributed by atoms with Gasteiger partial charge in [-0.05, 0) is 41.9 Å². The van der Waals surface area contributed by atoms with Crippen LogP contribution in [-0.4, -0.2) is 12.4 Å². The minimum absolute atomic E-state index is 0.235. The summed E-state index contributed by atoms with van der Waals surface area (Å²) in [5, 5.41) is 5.17. The number of benzene rings is 2. The summed E-state index contributed by atoms with van der Waals surface area (Å²) in [7, 11) is -3.88. The van der Waals surface area contributed by atoms with Crippen molar-refractivity contribution >= 4 is 48.6 Å². The number of rotatable bonds is 4. The zero-order valence-electron chi connectivity index (χ0n) is 16.4. The highest BCUT2D eigenvalue weighted by Crippen LogP contribution is 2.48. The number of para-hydroxylation sites is 1. The highest BCUT2D eigenvalue weighted by Gasteiger charge is 2.29. The fourth-order valence-electron chi connectivity index (χ4n) is 3.76. The highest BCUT2D eigenvalue weighted by molar-refractivity contribution is 7.90. The molecule has 0 spiro atoms. The summed E-state index contributed by atoms with van der Waals surface area (Å²) >= 11 is 2.85. The van der Waals surface area contributed by atoms with E-state index in [4.69, 9.17) is 6.57 Å². The fourth-order valence-corrected chi connectivity index (χ4v) is 6.81. The van der Waals surface area contributed by atoms with Crippen LogP contribution in [0.15, 0.2) is 82.4 Å². The molecule has 2 aromatic carbocycles. The van der Waals surface area contributed by atoms with Gasteiger partial charge >= 0.3 is 0 Å². The van der Waals surface area contributed by atoms with Crippen LogP contribution in [-0.2, 0) is 10.0 Å². The molecule has 0 aliphatic carbocycles. The zero-order valence-corrected chi connectivity index (χ0v) is 18.9. The van der Waals surface area contributed by atoms with Crippen molar-refractivity contribution in [1.29, 1.82) is 0 Å². The first kappa shape index (κ1) is 19.8. The molecule has 0 atom stereocenters. The topological polar surface area (TPSA) is 43.4 Å². The van der Waals surface area contributed by atoms with Crippen LogP contribution in [0.5, 0.6) is 0 Å². The highest BCUT2D eigenvalue weighted by atomic mass is 32.2. The van der Waals surface area contributed by atoms with E-state index in [1.807, 2.05) is 60.1 Å². The molecule has 3 heterocycles. The molecule has 0 aliphatic heterocycles. The van der Waals surface area contributed by atoms with Crippen LogP contribution in [0.25, 0.3) is 37.4 Å². The van der Waals surface area contributed by atoms with Gasteiger partial charge in [0.15, 0.2) is 0 Å². The Morgan fingerprint density at radius 3 is 2.39 bits per heavy atom. The molecule has 0 amide bonds. The second-order valence-electron chi connectivity index (χ2n) is 7.05. The van der Waals surface area contributed by atoms with Crippen LogP contribution in [0.1, 0.15) is 5.56 Å². The monoisotopic (exact) mass is 460 g/mol. The quantitative estimate of drug-likeness (QED) is 0.266. The molecule has 31 heavy (non-hydrogen) atoms. The summed E-state index contributed by atoms with van der Waals surface area (Å²) in [5.41, 5.74) is 3.73. The Balaban J connectivity index is 1.96. The molecular formula is C24H16N2O2S3. The van der Waals surface area contributed by atoms with Gasteiger partial charge in [0.05, 0.1) is 27.6 Å². The third-order valence-electron chi connectivity index (χ3n) is 5.16. The SMILES string of the molecule is [C-]#[N+]c1sccc1-c1c(-c2cccs2)n(S(=O)(=O)c2ccc(C)cc2)c2ccccc12. The molecule has 0 fully saturated rings. The van der Waals surface area contributed by atoms with Gasteiger partial charge in [-0.3, -0.25) is 0 Å². The molecule has 3 aromatic heterocycles. The summed E-state index contributed by atoms with van der Waals surface area (Å²) in [6.45, 7) is 9.53. The standard InChI is InChI=1S/C24H16N2O2S3/c1-16-9-11-17(12-10-16)31(27,28)26-20-7-4-3-6-18(20)22(19-13-15-30-24(19)25-2)23(26)21-8-5-14-29-21/h3-15H,1H3. The largest absolute Gasteiger partial charge is 0.268 e. The van der Waals surface area contributed by atoms with Gasteiger partial charge in [-0.15, -0.1) is 11.3 Å². The minimum atomic E-state index is -3.88. The lowest BCUT2D eigenvalue weighted by Gasteiger charge is -2.13. The summed E-state index contributed by atoms with van der Waals surface area (Å²) < 4.78 is 29.3. The van der Waals surface area contributed by atoms with Gasteiger partial charge in [-0.1, -0.05) is 48.0 Å². The second-order valence-corrected chi connectivity index (χ2v) is 10.7. The van der Waals surface area contributed by atoms with Gasteiger partial charge in [-0.2, -0.15) is 11.3 Å². The van der Waals surface area contributed by atoms with Crippen molar-refractivity contribution in [2.24, 2.45) is 0 Å². The van der Waals surface area contributed by atoms with E-state index in [0.717, 1.165) is 27.0 Å². The van der Waals surface area contributed by atoms with E-state index in [0.29, 0.717) is 16.2 Å². The molecule has 7 heteroatoms. The summed E-state index contributed by atoms with van der Waals surface area (Å²) in [6, 6.07) is 20.1. The van der Waals surface area contributed by atoms with E-state index in [9.17, 15) is 8.42 Å². The lowest BCUT2D eigenvalue weighted by Crippen LogP contribution is -2.14. The predicted octanol–water partition coefficient (Wildman–Crippen LogP) is 7.19. The number of fused-ring (bicyclic) bond motifs is 1. The third kappa shape index (κ3) is 3.12. The fraction of sp³-hybridized carbons (Fsp3) is 0.0417. The van der Waals surface area contributed by atoms with Gasteiger partial charge < -0.3 is 0 Å². The van der Waals surface area contributed by atoms with E-state index in [2.05, 4.69) is 4.85 Å². The van der Waals surface area contributed by atoms with Crippen LogP contribution >= 0.6 is 22.7 Å². The van der Waals surface area contributed by atoms with E-state index < -0.39 is 10.0 Å². The zero-order chi connectivity index (χ0) is 21.6. The van der Waals surface area contributed by atoms with Crippen molar-refractivity contribution in [3.8, 4) is 21.7 Å². The van der Waals surface area contributed by atoms with Gasteiger partial charge in [0.25, 0.3) is 10.0 Å². The van der Waals surface area contributed by atoms with Crippen LogP contribution < -0.4 is 0 Å². The minimum Gasteiger partial charge on any atom is -0.232 e. The van der Waals surface area contributed by atoms with Crippen molar-refractivity contribution in [2.75, 3.05) is 0 Å². The predicted molar refractivity (Wildman–Crippen MR) is 129 cm³/mol. The molecule has 0 saturated heterocycles. The van der Waals surface area contributed by atoms with Gasteiger partial charge in [0.2, 0.25) is 5.00 Å². The van der Waals surface area contributed by atoms with Crippen molar-refractivity contribution in [3.05, 3.63) is 94.5 Å². The molecule has 5 rings (SSSR count). The normalized spacial score (nSPS) is 11.6. The Labute approximate surface area is 188 Å². The molecule has 0 N–H and O–H groups in total. The van der Waals surface area contributed by atoms with Crippen LogP contribution in [0, 0.1) is 13.5 Å². The van der Waals surface area contributed by atoms with Crippen LogP contribution in [0.3, 0.4) is 0 Å². The molecule has 0 aliphatic rings. The van der Waals surface area contributed by atoms with Crippen LogP contribution in [0.2, 0.25) is 0 Å². The summed E-state index contributed by atoms with van der Waals surface area (Å²) in [4.78, 5) is 4.76. The smallest absolute Gasteiger partial charge is 0.232 e. The third-order valence-corrected chi connectivity index (χ3v) is 8.57. The number of nitrogens with zero attached hydrogens (tertiary/aromatic N) is 2. The molecule has 0 radical (unpaired) electrons. The van der Waals surface area contributed by atoms with E-state index in [1.165, 1.54) is 26.6 Å². The number of hydrogen-bond acceptors (Lipinski definition) is 4. The van der Waals surface area contributed by atoms with Gasteiger partial charge in [0, 0.05) is 16.5 Å². The Morgan fingerprint density at radius 1 is 0.903 bits per heavy atom. The van der Waals surface area contributed by atoms with Gasteiger partial charge in [-0.25, -0.2) is 17.2 Å². The first-order valence-corrected chi connectivity index (χ1v) is 12.7. The molecule has 5 aromatic rings. The second kappa shape index (κ2) is 7.50. The number of thiophene rings is 2. The number of aryl methyl sites for hydroxylation is 1. The summed E-state index contributed by atoms with van der Waals surface area (Å²) in [6.07, 6.45) is 0. The Kier molecular flexibility index (Phi) is 4.78. The number of aromatic nitrogens is 1. The van der Waals surface area contributed by atoms with Crippen molar-refractivity contribution in [2.45, 2.75) is 11.8 Å². The lowest BCUT2D eigenvalue weighted by atomic mass is 10.0. The Morgan fingerprint density at radius 2 is 1.68 bits per heavy atom. The van der Waals surface area contributed by atoms with Crippen LogP contribution in [0.4, 0.5) is 5.00 Å². The molecule has 152 valence electrons. The van der Waals surface area contributed by atoms with Gasteiger partial charge in [0.1, 0.15) is 0 Å².